The number of methoxy groups -OCH3 is 2. The topological polar surface area (TPSA) is 21.7 Å². The Bertz CT molecular complexity index is 858. The zero-order valence-corrected chi connectivity index (χ0v) is 15.6. The van der Waals surface area contributed by atoms with Gasteiger partial charge in [-0.1, -0.05) is 52.3 Å². The largest absolute Gasteiger partial charge is 0.493 e. The van der Waals surface area contributed by atoms with E-state index in [9.17, 15) is 0 Å². The number of hydrogen-bond donors (Lipinski definition) is 0. The minimum atomic E-state index is 0.723. The van der Waals surface area contributed by atoms with Gasteiger partial charge in [-0.05, 0) is 29.1 Å². The first kappa shape index (κ1) is 16.7. The molecule has 3 aromatic carbocycles. The number of anilines is 1. The molecule has 0 radical (unpaired) electrons. The second-order valence-corrected chi connectivity index (χ2v) is 6.51. The van der Waals surface area contributed by atoms with Gasteiger partial charge in [-0.3, -0.25) is 0 Å². The van der Waals surface area contributed by atoms with Gasteiger partial charge in [-0.25, -0.2) is 0 Å². The SMILES string of the molecule is COc1cc(Br)c(CN(C)c2cccc3ccccc23)cc1OC. The van der Waals surface area contributed by atoms with E-state index in [2.05, 4.69) is 70.3 Å². The number of ether oxygens (including phenoxy) is 2. The molecule has 0 amide bonds. The van der Waals surface area contributed by atoms with Gasteiger partial charge < -0.3 is 14.4 Å². The molecule has 0 spiro atoms. The lowest BCUT2D eigenvalue weighted by molar-refractivity contribution is 0.354. The van der Waals surface area contributed by atoms with Crippen molar-refractivity contribution in [3.8, 4) is 11.5 Å². The summed E-state index contributed by atoms with van der Waals surface area (Å²) in [5.41, 5.74) is 2.35. The average molecular weight is 386 g/mol. The Morgan fingerprint density at radius 3 is 2.33 bits per heavy atom. The van der Waals surface area contributed by atoms with Crippen molar-refractivity contribution >= 4 is 32.4 Å². The molecule has 3 aromatic rings. The fourth-order valence-electron chi connectivity index (χ4n) is 2.90. The van der Waals surface area contributed by atoms with Crippen molar-refractivity contribution in [3.05, 3.63) is 64.6 Å². The van der Waals surface area contributed by atoms with Gasteiger partial charge in [0.05, 0.1) is 14.2 Å². The maximum absolute atomic E-state index is 5.43. The molecule has 0 bridgehead atoms. The zero-order valence-electron chi connectivity index (χ0n) is 14.0. The Hall–Kier alpha value is -2.20. The van der Waals surface area contributed by atoms with Crippen molar-refractivity contribution in [1.82, 2.24) is 0 Å². The first-order valence-corrected chi connectivity index (χ1v) is 8.52. The van der Waals surface area contributed by atoms with E-state index in [1.165, 1.54) is 16.5 Å². The van der Waals surface area contributed by atoms with E-state index in [0.717, 1.165) is 28.1 Å². The summed E-state index contributed by atoms with van der Waals surface area (Å²) < 4.78 is 11.8. The Morgan fingerprint density at radius 2 is 1.58 bits per heavy atom. The minimum absolute atomic E-state index is 0.723. The molecule has 24 heavy (non-hydrogen) atoms. The zero-order chi connectivity index (χ0) is 17.1. The van der Waals surface area contributed by atoms with Crippen LogP contribution in [-0.4, -0.2) is 21.3 Å². The van der Waals surface area contributed by atoms with E-state index >= 15 is 0 Å². The molecule has 0 N–H and O–H groups in total. The highest BCUT2D eigenvalue weighted by Gasteiger charge is 2.13. The molecule has 4 heteroatoms. The van der Waals surface area contributed by atoms with Crippen LogP contribution in [0, 0.1) is 0 Å². The highest BCUT2D eigenvalue weighted by molar-refractivity contribution is 9.10. The molecular weight excluding hydrogens is 366 g/mol. The van der Waals surface area contributed by atoms with Gasteiger partial charge >= 0.3 is 0 Å². The van der Waals surface area contributed by atoms with Crippen molar-refractivity contribution in [2.45, 2.75) is 6.54 Å². The van der Waals surface area contributed by atoms with Crippen LogP contribution in [0.3, 0.4) is 0 Å². The summed E-state index contributed by atoms with van der Waals surface area (Å²) >= 11 is 3.64. The van der Waals surface area contributed by atoms with Crippen molar-refractivity contribution < 1.29 is 9.47 Å². The molecule has 3 nitrogen and oxygen atoms in total. The third kappa shape index (κ3) is 3.20. The van der Waals surface area contributed by atoms with E-state index in [1.807, 2.05) is 12.1 Å². The highest BCUT2D eigenvalue weighted by atomic mass is 79.9. The molecule has 124 valence electrons. The standard InChI is InChI=1S/C20H20BrNO2/c1-22(18-10-6-8-14-7-4-5-9-16(14)18)13-15-11-19(23-2)20(24-3)12-17(15)21/h4-12H,13H2,1-3H3. The number of nitrogens with zero attached hydrogens (tertiary/aromatic N) is 1. The number of rotatable bonds is 5. The van der Waals surface area contributed by atoms with Gasteiger partial charge in [0.25, 0.3) is 0 Å². The lowest BCUT2D eigenvalue weighted by Gasteiger charge is -2.23. The van der Waals surface area contributed by atoms with Crippen LogP contribution in [0.1, 0.15) is 5.56 Å². The summed E-state index contributed by atoms with van der Waals surface area (Å²) in [5.74, 6) is 1.46. The van der Waals surface area contributed by atoms with E-state index in [1.54, 1.807) is 14.2 Å². The molecular formula is C20H20BrNO2. The van der Waals surface area contributed by atoms with E-state index in [-0.39, 0.29) is 0 Å². The first-order chi connectivity index (χ1) is 11.6. The fourth-order valence-corrected chi connectivity index (χ4v) is 3.35. The second-order valence-electron chi connectivity index (χ2n) is 5.65. The van der Waals surface area contributed by atoms with Crippen LogP contribution in [0.25, 0.3) is 10.8 Å². The fraction of sp³-hybridized carbons (Fsp3) is 0.200. The summed E-state index contributed by atoms with van der Waals surface area (Å²) in [6.07, 6.45) is 0. The van der Waals surface area contributed by atoms with Gasteiger partial charge in [0.2, 0.25) is 0 Å². The van der Waals surface area contributed by atoms with E-state index < -0.39 is 0 Å². The van der Waals surface area contributed by atoms with E-state index in [4.69, 9.17) is 9.47 Å². The minimum Gasteiger partial charge on any atom is -0.493 e. The smallest absolute Gasteiger partial charge is 0.161 e. The molecule has 0 atom stereocenters. The van der Waals surface area contributed by atoms with Gasteiger partial charge in [-0.15, -0.1) is 0 Å². The molecule has 0 saturated heterocycles. The second kappa shape index (κ2) is 7.14. The number of benzene rings is 3. The molecule has 0 unspecified atom stereocenters. The predicted octanol–water partition coefficient (Wildman–Crippen LogP) is 5.26. The first-order valence-electron chi connectivity index (χ1n) is 7.73. The van der Waals surface area contributed by atoms with Crippen molar-refractivity contribution in [3.63, 3.8) is 0 Å². The average Bonchev–Trinajstić information content (AvgIpc) is 2.62. The Balaban J connectivity index is 1.96. The summed E-state index contributed by atoms with van der Waals surface area (Å²) in [7, 11) is 5.40. The number of hydrogen-bond acceptors (Lipinski definition) is 3. The van der Waals surface area contributed by atoms with Gasteiger partial charge in [0.15, 0.2) is 11.5 Å². The van der Waals surface area contributed by atoms with Crippen LogP contribution >= 0.6 is 15.9 Å². The van der Waals surface area contributed by atoms with Crippen molar-refractivity contribution in [2.75, 3.05) is 26.2 Å². The maximum Gasteiger partial charge on any atom is 0.161 e. The number of halogens is 1. The summed E-state index contributed by atoms with van der Waals surface area (Å²) in [6.45, 7) is 0.759. The van der Waals surface area contributed by atoms with Crippen LogP contribution in [-0.2, 0) is 6.54 Å². The summed E-state index contributed by atoms with van der Waals surface area (Å²) in [4.78, 5) is 2.24. The quantitative estimate of drug-likeness (QED) is 0.597. The van der Waals surface area contributed by atoms with Gasteiger partial charge in [0, 0.05) is 29.1 Å². The molecule has 0 fully saturated rings. The highest BCUT2D eigenvalue weighted by Crippen LogP contribution is 2.35. The summed E-state index contributed by atoms with van der Waals surface area (Å²) in [5, 5.41) is 2.49. The van der Waals surface area contributed by atoms with Crippen LogP contribution in [0.2, 0.25) is 0 Å². The predicted molar refractivity (Wildman–Crippen MR) is 103 cm³/mol. The normalized spacial score (nSPS) is 10.7. The molecule has 0 heterocycles. The Morgan fingerprint density at radius 1 is 0.917 bits per heavy atom. The molecule has 0 aliphatic rings. The van der Waals surface area contributed by atoms with Gasteiger partial charge in [-0.2, -0.15) is 0 Å². The third-order valence-corrected chi connectivity index (χ3v) is 4.88. The van der Waals surface area contributed by atoms with Gasteiger partial charge in [0.1, 0.15) is 0 Å². The lowest BCUT2D eigenvalue weighted by atomic mass is 10.1. The lowest BCUT2D eigenvalue weighted by Crippen LogP contribution is -2.17. The summed E-state index contributed by atoms with van der Waals surface area (Å²) in [6, 6.07) is 18.8. The number of fused-ring (bicyclic) bond motifs is 1. The van der Waals surface area contributed by atoms with Crippen molar-refractivity contribution in [1.29, 1.82) is 0 Å². The monoisotopic (exact) mass is 385 g/mol. The molecule has 0 saturated carbocycles. The van der Waals surface area contributed by atoms with Crippen LogP contribution in [0.15, 0.2) is 59.1 Å². The third-order valence-electron chi connectivity index (χ3n) is 4.14. The van der Waals surface area contributed by atoms with Crippen LogP contribution < -0.4 is 14.4 Å². The molecule has 0 aromatic heterocycles. The van der Waals surface area contributed by atoms with Crippen LogP contribution in [0.4, 0.5) is 5.69 Å². The van der Waals surface area contributed by atoms with Crippen LogP contribution in [0.5, 0.6) is 11.5 Å². The Labute approximate surface area is 150 Å². The Kier molecular flexibility index (Phi) is 4.95. The maximum atomic E-state index is 5.43. The molecule has 0 aliphatic carbocycles. The molecule has 0 aliphatic heterocycles. The van der Waals surface area contributed by atoms with Crippen molar-refractivity contribution in [2.24, 2.45) is 0 Å². The van der Waals surface area contributed by atoms with E-state index in [0.29, 0.717) is 0 Å². The molecule has 3 rings (SSSR count).